The monoisotopic (exact) mass is 479 g/mol. The first kappa shape index (κ1) is 24.9. The summed E-state index contributed by atoms with van der Waals surface area (Å²) in [5.74, 6) is 1.29. The molecule has 8 heteroatoms. The van der Waals surface area contributed by atoms with Crippen LogP contribution in [0.5, 0.6) is 11.5 Å². The van der Waals surface area contributed by atoms with Crippen molar-refractivity contribution < 1.29 is 27.8 Å². The van der Waals surface area contributed by atoms with Crippen LogP contribution in [-0.2, 0) is 12.6 Å². The van der Waals surface area contributed by atoms with Gasteiger partial charge in [0, 0.05) is 17.6 Å². The number of hydrogen-bond donors (Lipinski definition) is 2. The quantitative estimate of drug-likeness (QED) is 0.371. The van der Waals surface area contributed by atoms with Crippen molar-refractivity contribution in [3.63, 3.8) is 0 Å². The van der Waals surface area contributed by atoms with Gasteiger partial charge in [-0.25, -0.2) is 0 Å². The lowest BCUT2D eigenvalue weighted by atomic mass is 9.98. The van der Waals surface area contributed by atoms with Crippen LogP contribution < -0.4 is 14.8 Å². The molecule has 4 nitrogen and oxygen atoms in total. The molecule has 0 saturated carbocycles. The molecular weight excluding hydrogens is 455 g/mol. The smallest absolute Gasteiger partial charge is 0.417 e. The topological polar surface area (TPSA) is 50.7 Å². The Morgan fingerprint density at radius 2 is 1.73 bits per heavy atom. The highest BCUT2D eigenvalue weighted by molar-refractivity contribution is 6.30. The van der Waals surface area contributed by atoms with Crippen LogP contribution in [0.1, 0.15) is 11.1 Å². The average molecular weight is 480 g/mol. The summed E-state index contributed by atoms with van der Waals surface area (Å²) < 4.78 is 50.7. The molecule has 1 unspecified atom stereocenters. The van der Waals surface area contributed by atoms with Crippen molar-refractivity contribution in [2.24, 2.45) is 0 Å². The minimum absolute atomic E-state index is 0.0462. The number of aliphatic hydroxyl groups is 1. The van der Waals surface area contributed by atoms with Crippen LogP contribution in [0.15, 0.2) is 66.7 Å². The first-order valence-electron chi connectivity index (χ1n) is 10.4. The zero-order valence-corrected chi connectivity index (χ0v) is 18.8. The molecule has 0 fully saturated rings. The van der Waals surface area contributed by atoms with Gasteiger partial charge in [0.1, 0.15) is 24.2 Å². The molecule has 0 radical (unpaired) electrons. The summed E-state index contributed by atoms with van der Waals surface area (Å²) in [6.45, 7) is 1.09. The number of hydrogen-bond acceptors (Lipinski definition) is 4. The van der Waals surface area contributed by atoms with E-state index >= 15 is 0 Å². The summed E-state index contributed by atoms with van der Waals surface area (Å²) in [6.07, 6.45) is -4.51. The van der Waals surface area contributed by atoms with Gasteiger partial charge >= 0.3 is 6.18 Å². The molecular formula is C25H25ClF3NO3. The maximum Gasteiger partial charge on any atom is 0.417 e. The second-order valence-electron chi connectivity index (χ2n) is 7.48. The van der Waals surface area contributed by atoms with Gasteiger partial charge < -0.3 is 19.9 Å². The zero-order valence-electron chi connectivity index (χ0n) is 18.0. The van der Waals surface area contributed by atoms with Crippen molar-refractivity contribution >= 4 is 11.6 Å². The van der Waals surface area contributed by atoms with E-state index in [4.69, 9.17) is 21.1 Å². The first-order valence-corrected chi connectivity index (χ1v) is 10.8. The molecule has 33 heavy (non-hydrogen) atoms. The SMILES string of the molecule is COc1cccc(OCC(O)CNCCc2ccc(-c3ccc(Cl)cc3C(F)(F)F)cc2)c1. The van der Waals surface area contributed by atoms with E-state index in [9.17, 15) is 18.3 Å². The molecule has 0 spiro atoms. The van der Waals surface area contributed by atoms with E-state index in [1.807, 2.05) is 6.07 Å². The molecule has 0 aliphatic carbocycles. The molecule has 0 amide bonds. The van der Waals surface area contributed by atoms with E-state index in [1.54, 1.807) is 49.6 Å². The van der Waals surface area contributed by atoms with Gasteiger partial charge in [-0.3, -0.25) is 0 Å². The third-order valence-corrected chi connectivity index (χ3v) is 5.24. The van der Waals surface area contributed by atoms with Crippen LogP contribution in [0.2, 0.25) is 5.02 Å². The number of alkyl halides is 3. The van der Waals surface area contributed by atoms with Crippen LogP contribution in [-0.4, -0.2) is 38.0 Å². The third kappa shape index (κ3) is 7.39. The Morgan fingerprint density at radius 1 is 1.00 bits per heavy atom. The van der Waals surface area contributed by atoms with E-state index in [2.05, 4.69) is 5.32 Å². The lowest BCUT2D eigenvalue weighted by Gasteiger charge is -2.15. The van der Waals surface area contributed by atoms with E-state index in [0.717, 1.165) is 11.6 Å². The number of ether oxygens (including phenoxy) is 2. The molecule has 3 aromatic carbocycles. The lowest BCUT2D eigenvalue weighted by molar-refractivity contribution is -0.137. The maximum absolute atomic E-state index is 13.3. The highest BCUT2D eigenvalue weighted by atomic mass is 35.5. The van der Waals surface area contributed by atoms with E-state index in [1.165, 1.54) is 12.1 Å². The van der Waals surface area contributed by atoms with Crippen LogP contribution >= 0.6 is 11.6 Å². The molecule has 3 rings (SSSR count). The molecule has 0 aliphatic rings. The molecule has 0 aliphatic heterocycles. The molecule has 0 heterocycles. The molecule has 0 aromatic heterocycles. The van der Waals surface area contributed by atoms with Crippen LogP contribution in [0.3, 0.4) is 0 Å². The summed E-state index contributed by atoms with van der Waals surface area (Å²) >= 11 is 5.75. The van der Waals surface area contributed by atoms with E-state index < -0.39 is 17.8 Å². The second-order valence-corrected chi connectivity index (χ2v) is 7.92. The fourth-order valence-corrected chi connectivity index (χ4v) is 3.47. The number of rotatable bonds is 10. The van der Waals surface area contributed by atoms with Gasteiger partial charge in [0.25, 0.3) is 0 Å². The van der Waals surface area contributed by atoms with E-state index in [0.29, 0.717) is 36.6 Å². The Hall–Kier alpha value is -2.74. The van der Waals surface area contributed by atoms with Crippen molar-refractivity contribution in [3.8, 4) is 22.6 Å². The third-order valence-electron chi connectivity index (χ3n) is 5.01. The van der Waals surface area contributed by atoms with Crippen LogP contribution in [0.4, 0.5) is 13.2 Å². The average Bonchev–Trinajstić information content (AvgIpc) is 2.80. The molecule has 1 atom stereocenters. The molecule has 0 saturated heterocycles. The number of aliphatic hydroxyl groups excluding tert-OH is 1. The van der Waals surface area contributed by atoms with Crippen LogP contribution in [0.25, 0.3) is 11.1 Å². The molecule has 3 aromatic rings. The van der Waals surface area contributed by atoms with Crippen molar-refractivity contribution in [2.45, 2.75) is 18.7 Å². The van der Waals surface area contributed by atoms with Crippen LogP contribution in [0, 0.1) is 0 Å². The number of halogens is 4. The summed E-state index contributed by atoms with van der Waals surface area (Å²) in [7, 11) is 1.57. The van der Waals surface area contributed by atoms with Crippen molar-refractivity contribution in [1.82, 2.24) is 5.32 Å². The Kier molecular flexibility index (Phi) is 8.61. The van der Waals surface area contributed by atoms with Gasteiger partial charge in [-0.15, -0.1) is 0 Å². The number of methoxy groups -OCH3 is 1. The normalized spacial score (nSPS) is 12.4. The number of benzene rings is 3. The number of nitrogens with one attached hydrogen (secondary N) is 1. The molecule has 2 N–H and O–H groups in total. The summed E-state index contributed by atoms with van der Waals surface area (Å²) in [5.41, 5.74) is 0.780. The van der Waals surface area contributed by atoms with Crippen molar-refractivity contribution in [3.05, 3.63) is 82.9 Å². The Morgan fingerprint density at radius 3 is 2.42 bits per heavy atom. The summed E-state index contributed by atoms with van der Waals surface area (Å²) in [5, 5.41) is 13.3. The van der Waals surface area contributed by atoms with Crippen molar-refractivity contribution in [1.29, 1.82) is 0 Å². The first-order chi connectivity index (χ1) is 15.8. The van der Waals surface area contributed by atoms with Gasteiger partial charge in [-0.1, -0.05) is 48.0 Å². The summed E-state index contributed by atoms with van der Waals surface area (Å²) in [6, 6.07) is 17.9. The van der Waals surface area contributed by atoms with Gasteiger partial charge in [0.2, 0.25) is 0 Å². The maximum atomic E-state index is 13.3. The Balaban J connectivity index is 1.46. The van der Waals surface area contributed by atoms with Crippen molar-refractivity contribution in [2.75, 3.05) is 26.8 Å². The zero-order chi connectivity index (χ0) is 23.8. The van der Waals surface area contributed by atoms with E-state index in [-0.39, 0.29) is 17.2 Å². The van der Waals surface area contributed by atoms with Gasteiger partial charge in [-0.05, 0) is 53.9 Å². The predicted octanol–water partition coefficient (Wildman–Crippen LogP) is 5.61. The highest BCUT2D eigenvalue weighted by Crippen LogP contribution is 2.38. The summed E-state index contributed by atoms with van der Waals surface area (Å²) in [4.78, 5) is 0. The van der Waals surface area contributed by atoms with Gasteiger partial charge in [-0.2, -0.15) is 13.2 Å². The molecule has 0 bridgehead atoms. The minimum Gasteiger partial charge on any atom is -0.497 e. The molecule has 176 valence electrons. The van der Waals surface area contributed by atoms with Gasteiger partial charge in [0.15, 0.2) is 0 Å². The fraction of sp³-hybridized carbons (Fsp3) is 0.280. The predicted molar refractivity (Wildman–Crippen MR) is 123 cm³/mol. The second kappa shape index (κ2) is 11.4. The van der Waals surface area contributed by atoms with Gasteiger partial charge in [0.05, 0.1) is 12.7 Å². The lowest BCUT2D eigenvalue weighted by Crippen LogP contribution is -2.32. The largest absolute Gasteiger partial charge is 0.497 e. The standard InChI is InChI=1S/C25H25ClF3NO3/c1-32-21-3-2-4-22(14-21)33-16-20(31)15-30-12-11-17-5-7-18(8-6-17)23-10-9-19(26)13-24(23)25(27,28)29/h2-10,13-14,20,30-31H,11-12,15-16H2,1H3. The Labute approximate surface area is 195 Å². The Bertz CT molecular complexity index is 1040. The fourth-order valence-electron chi connectivity index (χ4n) is 3.30. The highest BCUT2D eigenvalue weighted by Gasteiger charge is 2.33. The minimum atomic E-state index is -4.49.